The van der Waals surface area contributed by atoms with Gasteiger partial charge < -0.3 is 5.73 Å². The van der Waals surface area contributed by atoms with E-state index in [1.165, 1.54) is 33.4 Å². The fraction of sp³-hybridized carbons (Fsp3) is 0.625. The van der Waals surface area contributed by atoms with Crippen molar-refractivity contribution in [1.29, 1.82) is 0 Å². The fourth-order valence-corrected chi connectivity index (χ4v) is 2.71. The second-order valence-electron chi connectivity index (χ2n) is 5.77. The highest BCUT2D eigenvalue weighted by atomic mass is 14.6. The number of benzene rings is 1. The van der Waals surface area contributed by atoms with Crippen LogP contribution in [0.3, 0.4) is 0 Å². The van der Waals surface area contributed by atoms with Gasteiger partial charge in [-0.15, -0.1) is 0 Å². The number of hydrogen-bond acceptors (Lipinski definition) is 1. The van der Waals surface area contributed by atoms with Gasteiger partial charge in [-0.2, -0.15) is 0 Å². The van der Waals surface area contributed by atoms with Gasteiger partial charge in [0.2, 0.25) is 0 Å². The third-order valence-corrected chi connectivity index (χ3v) is 4.15. The van der Waals surface area contributed by atoms with Gasteiger partial charge in [-0.3, -0.25) is 0 Å². The molecule has 0 spiro atoms. The topological polar surface area (TPSA) is 26.0 Å². The lowest BCUT2D eigenvalue weighted by molar-refractivity contribution is 0.506. The van der Waals surface area contributed by atoms with Crippen LogP contribution < -0.4 is 5.73 Å². The Morgan fingerprint density at radius 1 is 0.765 bits per heavy atom. The molecule has 1 atom stereocenters. The summed E-state index contributed by atoms with van der Waals surface area (Å²) < 4.78 is 0. The molecule has 0 aromatic heterocycles. The Morgan fingerprint density at radius 2 is 1.12 bits per heavy atom. The van der Waals surface area contributed by atoms with Crippen LogP contribution >= 0.6 is 0 Å². The lowest BCUT2D eigenvalue weighted by Crippen LogP contribution is -2.17. The van der Waals surface area contributed by atoms with Crippen molar-refractivity contribution in [3.05, 3.63) is 33.4 Å². The van der Waals surface area contributed by atoms with Gasteiger partial charge in [0, 0.05) is 6.04 Å². The largest absolute Gasteiger partial charge is 0.324 e. The Balaban J connectivity index is 3.33. The van der Waals surface area contributed by atoms with Gasteiger partial charge in [0.15, 0.2) is 0 Å². The summed E-state index contributed by atoms with van der Waals surface area (Å²) in [6.45, 7) is 15.5. The molecule has 17 heavy (non-hydrogen) atoms. The molecule has 0 aliphatic rings. The first kappa shape index (κ1) is 14.2. The lowest BCUT2D eigenvalue weighted by atomic mass is 9.84. The molecule has 0 fully saturated rings. The number of hydrogen-bond donors (Lipinski definition) is 1. The molecule has 0 aliphatic carbocycles. The second kappa shape index (κ2) is 5.22. The first-order valence-corrected chi connectivity index (χ1v) is 6.59. The van der Waals surface area contributed by atoms with Crippen LogP contribution in [0, 0.1) is 40.5 Å². The Kier molecular flexibility index (Phi) is 4.37. The van der Waals surface area contributed by atoms with E-state index in [2.05, 4.69) is 48.5 Å². The van der Waals surface area contributed by atoms with Crippen LogP contribution in [0.5, 0.6) is 0 Å². The molecule has 0 bridgehead atoms. The molecular formula is C16H27N. The molecule has 1 aromatic rings. The summed E-state index contributed by atoms with van der Waals surface area (Å²) in [6.07, 6.45) is 1.06. The molecule has 0 heterocycles. The molecule has 0 radical (unpaired) electrons. The summed E-state index contributed by atoms with van der Waals surface area (Å²) >= 11 is 0. The predicted molar refractivity (Wildman–Crippen MR) is 76.5 cm³/mol. The second-order valence-corrected chi connectivity index (χ2v) is 5.77. The molecule has 0 unspecified atom stereocenters. The molecule has 0 saturated carbocycles. The molecule has 96 valence electrons. The van der Waals surface area contributed by atoms with Crippen LogP contribution in [0.2, 0.25) is 0 Å². The Labute approximate surface area is 106 Å². The van der Waals surface area contributed by atoms with E-state index >= 15 is 0 Å². The van der Waals surface area contributed by atoms with Crippen LogP contribution in [0.15, 0.2) is 0 Å². The summed E-state index contributed by atoms with van der Waals surface area (Å²) in [4.78, 5) is 0. The standard InChI is InChI=1S/C16H27N/c1-9(2)8-15(17)16-13(6)11(4)10(3)12(5)14(16)7/h9,15H,8,17H2,1-7H3/t15-/m0/s1. The van der Waals surface area contributed by atoms with Crippen molar-refractivity contribution in [2.24, 2.45) is 11.7 Å². The minimum atomic E-state index is 0.174. The molecule has 2 N–H and O–H groups in total. The SMILES string of the molecule is Cc1c(C)c(C)c([C@@H](N)CC(C)C)c(C)c1C. The maximum atomic E-state index is 6.39. The Hall–Kier alpha value is -0.820. The van der Waals surface area contributed by atoms with Crippen LogP contribution in [-0.2, 0) is 0 Å². The van der Waals surface area contributed by atoms with E-state index in [0.29, 0.717) is 5.92 Å². The Morgan fingerprint density at radius 3 is 1.47 bits per heavy atom. The van der Waals surface area contributed by atoms with E-state index < -0.39 is 0 Å². The van der Waals surface area contributed by atoms with Gasteiger partial charge in [-0.25, -0.2) is 0 Å². The van der Waals surface area contributed by atoms with Crippen molar-refractivity contribution in [2.45, 2.75) is 60.9 Å². The average molecular weight is 233 g/mol. The quantitative estimate of drug-likeness (QED) is 0.828. The summed E-state index contributed by atoms with van der Waals surface area (Å²) in [6, 6.07) is 0.174. The van der Waals surface area contributed by atoms with Gasteiger partial charge in [0.1, 0.15) is 0 Å². The summed E-state index contributed by atoms with van der Waals surface area (Å²) in [5.41, 5.74) is 14.8. The third-order valence-electron chi connectivity index (χ3n) is 4.15. The molecule has 1 nitrogen and oxygen atoms in total. The molecular weight excluding hydrogens is 206 g/mol. The van der Waals surface area contributed by atoms with E-state index in [9.17, 15) is 0 Å². The highest BCUT2D eigenvalue weighted by Gasteiger charge is 2.18. The molecule has 1 aromatic carbocycles. The maximum absolute atomic E-state index is 6.39. The Bertz CT molecular complexity index is 387. The van der Waals surface area contributed by atoms with Crippen LogP contribution in [0.25, 0.3) is 0 Å². The fourth-order valence-electron chi connectivity index (χ4n) is 2.71. The lowest BCUT2D eigenvalue weighted by Gasteiger charge is -2.24. The zero-order valence-electron chi connectivity index (χ0n) is 12.4. The van der Waals surface area contributed by atoms with Gasteiger partial charge in [0.25, 0.3) is 0 Å². The maximum Gasteiger partial charge on any atom is 0.0302 e. The molecule has 0 aliphatic heterocycles. The minimum Gasteiger partial charge on any atom is -0.324 e. The normalized spacial score (nSPS) is 13.2. The van der Waals surface area contributed by atoms with Gasteiger partial charge in [-0.05, 0) is 80.3 Å². The van der Waals surface area contributed by atoms with Crippen LogP contribution in [0.4, 0.5) is 0 Å². The first-order chi connectivity index (χ1) is 7.77. The summed E-state index contributed by atoms with van der Waals surface area (Å²) in [7, 11) is 0. The van der Waals surface area contributed by atoms with E-state index in [4.69, 9.17) is 5.73 Å². The molecule has 0 amide bonds. The molecule has 1 rings (SSSR count). The molecule has 1 heteroatoms. The number of nitrogens with two attached hydrogens (primary N) is 1. The smallest absolute Gasteiger partial charge is 0.0302 e. The zero-order chi connectivity index (χ0) is 13.3. The van der Waals surface area contributed by atoms with Crippen LogP contribution in [0.1, 0.15) is 59.7 Å². The van der Waals surface area contributed by atoms with E-state index in [0.717, 1.165) is 6.42 Å². The highest BCUT2D eigenvalue weighted by Crippen LogP contribution is 2.31. The predicted octanol–water partition coefficient (Wildman–Crippen LogP) is 4.27. The monoisotopic (exact) mass is 233 g/mol. The van der Waals surface area contributed by atoms with Crippen molar-refractivity contribution in [2.75, 3.05) is 0 Å². The summed E-state index contributed by atoms with van der Waals surface area (Å²) in [5.74, 6) is 0.644. The van der Waals surface area contributed by atoms with Crippen molar-refractivity contribution >= 4 is 0 Å². The van der Waals surface area contributed by atoms with Crippen LogP contribution in [-0.4, -0.2) is 0 Å². The first-order valence-electron chi connectivity index (χ1n) is 6.59. The zero-order valence-corrected chi connectivity index (χ0v) is 12.4. The van der Waals surface area contributed by atoms with E-state index in [-0.39, 0.29) is 6.04 Å². The van der Waals surface area contributed by atoms with E-state index in [1.807, 2.05) is 0 Å². The third kappa shape index (κ3) is 2.71. The van der Waals surface area contributed by atoms with Crippen molar-refractivity contribution in [3.63, 3.8) is 0 Å². The van der Waals surface area contributed by atoms with Gasteiger partial charge in [0.05, 0.1) is 0 Å². The van der Waals surface area contributed by atoms with Gasteiger partial charge >= 0.3 is 0 Å². The van der Waals surface area contributed by atoms with Crippen molar-refractivity contribution in [1.82, 2.24) is 0 Å². The summed E-state index contributed by atoms with van der Waals surface area (Å²) in [5, 5.41) is 0. The number of rotatable bonds is 3. The van der Waals surface area contributed by atoms with Crippen molar-refractivity contribution < 1.29 is 0 Å². The minimum absolute atomic E-state index is 0.174. The highest BCUT2D eigenvalue weighted by molar-refractivity contribution is 5.50. The molecule has 0 saturated heterocycles. The van der Waals surface area contributed by atoms with Crippen molar-refractivity contribution in [3.8, 4) is 0 Å². The van der Waals surface area contributed by atoms with Gasteiger partial charge in [-0.1, -0.05) is 13.8 Å². The van der Waals surface area contributed by atoms with E-state index in [1.54, 1.807) is 0 Å². The average Bonchev–Trinajstić information content (AvgIpc) is 2.23.